The molecule has 0 aliphatic rings. The van der Waals surface area contributed by atoms with E-state index in [1.807, 2.05) is 0 Å². The number of benzene rings is 2. The summed E-state index contributed by atoms with van der Waals surface area (Å²) in [6.45, 7) is 0. The van der Waals surface area contributed by atoms with Crippen molar-refractivity contribution in [1.82, 2.24) is 0 Å². The fourth-order valence-corrected chi connectivity index (χ4v) is 1.54. The summed E-state index contributed by atoms with van der Waals surface area (Å²) >= 11 is 0. The molecule has 0 spiro atoms. The summed E-state index contributed by atoms with van der Waals surface area (Å²) in [6, 6.07) is 11.6. The summed E-state index contributed by atoms with van der Waals surface area (Å²) in [4.78, 5) is 11.6. The van der Waals surface area contributed by atoms with Gasteiger partial charge in [0.1, 0.15) is 11.6 Å². The van der Waals surface area contributed by atoms with Crippen molar-refractivity contribution in [3.63, 3.8) is 0 Å². The van der Waals surface area contributed by atoms with Crippen molar-refractivity contribution in [2.45, 2.75) is 6.42 Å². The Morgan fingerprint density at radius 1 is 1.00 bits per heavy atom. The third-order valence-electron chi connectivity index (χ3n) is 2.43. The highest BCUT2D eigenvalue weighted by Gasteiger charge is 2.07. The number of amides is 1. The standard InChI is InChI=1S/C14H11F2NO/c15-11-7-5-10(6-8-11)9-14(18)17-13-4-2-1-3-12(13)16/h1-8H,9H2,(H,17,18). The van der Waals surface area contributed by atoms with Gasteiger partial charge in [0.25, 0.3) is 0 Å². The van der Waals surface area contributed by atoms with Gasteiger partial charge in [0, 0.05) is 0 Å². The van der Waals surface area contributed by atoms with E-state index in [0.29, 0.717) is 5.56 Å². The molecule has 2 rings (SSSR count). The van der Waals surface area contributed by atoms with Crippen LogP contribution in [0.15, 0.2) is 48.5 Å². The summed E-state index contributed by atoms with van der Waals surface area (Å²) in [5.74, 6) is -1.18. The minimum atomic E-state index is -0.482. The molecular weight excluding hydrogens is 236 g/mol. The van der Waals surface area contributed by atoms with Crippen LogP contribution in [0.1, 0.15) is 5.56 Å². The number of anilines is 1. The Morgan fingerprint density at radius 2 is 1.67 bits per heavy atom. The van der Waals surface area contributed by atoms with Gasteiger partial charge in [-0.1, -0.05) is 24.3 Å². The second kappa shape index (κ2) is 5.40. The second-order valence-electron chi connectivity index (χ2n) is 3.83. The lowest BCUT2D eigenvalue weighted by Crippen LogP contribution is -2.15. The summed E-state index contributed by atoms with van der Waals surface area (Å²) in [7, 11) is 0. The second-order valence-corrected chi connectivity index (χ2v) is 3.83. The molecule has 0 radical (unpaired) electrons. The Morgan fingerprint density at radius 3 is 2.33 bits per heavy atom. The van der Waals surface area contributed by atoms with Crippen LogP contribution < -0.4 is 5.32 Å². The van der Waals surface area contributed by atoms with Crippen LogP contribution in [0.4, 0.5) is 14.5 Å². The van der Waals surface area contributed by atoms with E-state index < -0.39 is 5.82 Å². The van der Waals surface area contributed by atoms with Gasteiger partial charge in [0.2, 0.25) is 5.91 Å². The van der Waals surface area contributed by atoms with Crippen molar-refractivity contribution >= 4 is 11.6 Å². The third-order valence-corrected chi connectivity index (χ3v) is 2.43. The highest BCUT2D eigenvalue weighted by Crippen LogP contribution is 2.13. The largest absolute Gasteiger partial charge is 0.323 e. The first-order chi connectivity index (χ1) is 8.65. The first-order valence-corrected chi connectivity index (χ1v) is 5.44. The number of carbonyl (C=O) groups is 1. The van der Waals surface area contributed by atoms with Gasteiger partial charge in [-0.05, 0) is 29.8 Å². The number of hydrogen-bond donors (Lipinski definition) is 1. The van der Waals surface area contributed by atoms with Crippen molar-refractivity contribution in [2.75, 3.05) is 5.32 Å². The van der Waals surface area contributed by atoms with Crippen molar-refractivity contribution in [2.24, 2.45) is 0 Å². The molecule has 0 atom stereocenters. The molecule has 4 heteroatoms. The number of para-hydroxylation sites is 1. The number of rotatable bonds is 3. The molecule has 0 unspecified atom stereocenters. The lowest BCUT2D eigenvalue weighted by atomic mass is 10.1. The van der Waals surface area contributed by atoms with E-state index in [1.165, 1.54) is 36.4 Å². The summed E-state index contributed by atoms with van der Waals surface area (Å²) in [6.07, 6.45) is 0.0780. The summed E-state index contributed by atoms with van der Waals surface area (Å²) in [5.41, 5.74) is 0.815. The van der Waals surface area contributed by atoms with Crippen LogP contribution in [-0.4, -0.2) is 5.91 Å². The van der Waals surface area contributed by atoms with Gasteiger partial charge in [-0.2, -0.15) is 0 Å². The third kappa shape index (κ3) is 3.13. The molecular formula is C14H11F2NO. The Balaban J connectivity index is 2.01. The quantitative estimate of drug-likeness (QED) is 0.886. The Kier molecular flexibility index (Phi) is 3.67. The average Bonchev–Trinajstić information content (AvgIpc) is 2.35. The number of nitrogens with one attached hydrogen (secondary N) is 1. The minimum absolute atomic E-state index is 0.0780. The van der Waals surface area contributed by atoms with E-state index in [9.17, 15) is 13.6 Å². The lowest BCUT2D eigenvalue weighted by Gasteiger charge is -2.06. The Bertz CT molecular complexity index is 552. The molecule has 2 nitrogen and oxygen atoms in total. The van der Waals surface area contributed by atoms with E-state index in [-0.39, 0.29) is 23.8 Å². The van der Waals surface area contributed by atoms with Gasteiger partial charge in [0.05, 0.1) is 12.1 Å². The molecule has 18 heavy (non-hydrogen) atoms. The van der Waals surface area contributed by atoms with Crippen LogP contribution in [0.3, 0.4) is 0 Å². The van der Waals surface area contributed by atoms with Gasteiger partial charge < -0.3 is 5.32 Å². The molecule has 92 valence electrons. The molecule has 2 aromatic carbocycles. The molecule has 0 aliphatic heterocycles. The summed E-state index contributed by atoms with van der Waals surface area (Å²) < 4.78 is 26.0. The van der Waals surface area contributed by atoms with Crippen molar-refractivity contribution in [1.29, 1.82) is 0 Å². The topological polar surface area (TPSA) is 29.1 Å². The maximum atomic E-state index is 13.3. The van der Waals surface area contributed by atoms with E-state index in [0.717, 1.165) is 0 Å². The van der Waals surface area contributed by atoms with E-state index in [1.54, 1.807) is 12.1 Å². The number of hydrogen-bond acceptors (Lipinski definition) is 1. The zero-order chi connectivity index (χ0) is 13.0. The molecule has 0 saturated heterocycles. The van der Waals surface area contributed by atoms with Crippen LogP contribution in [0, 0.1) is 11.6 Å². The highest BCUT2D eigenvalue weighted by atomic mass is 19.1. The predicted octanol–water partition coefficient (Wildman–Crippen LogP) is 3.15. The lowest BCUT2D eigenvalue weighted by molar-refractivity contribution is -0.115. The van der Waals surface area contributed by atoms with Gasteiger partial charge in [-0.25, -0.2) is 8.78 Å². The fourth-order valence-electron chi connectivity index (χ4n) is 1.54. The first kappa shape index (κ1) is 12.2. The first-order valence-electron chi connectivity index (χ1n) is 5.44. The SMILES string of the molecule is O=C(Cc1ccc(F)cc1)Nc1ccccc1F. The average molecular weight is 247 g/mol. The highest BCUT2D eigenvalue weighted by molar-refractivity contribution is 5.92. The van der Waals surface area contributed by atoms with Gasteiger partial charge in [0.15, 0.2) is 0 Å². The van der Waals surface area contributed by atoms with Crippen LogP contribution in [0.2, 0.25) is 0 Å². The Hall–Kier alpha value is -2.23. The van der Waals surface area contributed by atoms with Gasteiger partial charge in [-0.3, -0.25) is 4.79 Å². The normalized spacial score (nSPS) is 10.1. The van der Waals surface area contributed by atoms with Crippen LogP contribution >= 0.6 is 0 Å². The molecule has 0 aromatic heterocycles. The van der Waals surface area contributed by atoms with E-state index in [2.05, 4.69) is 5.32 Å². The van der Waals surface area contributed by atoms with Crippen molar-refractivity contribution < 1.29 is 13.6 Å². The molecule has 2 aromatic rings. The molecule has 0 bridgehead atoms. The van der Waals surface area contributed by atoms with Gasteiger partial charge >= 0.3 is 0 Å². The fraction of sp³-hybridized carbons (Fsp3) is 0.0714. The van der Waals surface area contributed by atoms with E-state index in [4.69, 9.17) is 0 Å². The number of carbonyl (C=O) groups excluding carboxylic acids is 1. The van der Waals surface area contributed by atoms with Crippen molar-refractivity contribution in [3.05, 3.63) is 65.7 Å². The molecule has 0 fully saturated rings. The van der Waals surface area contributed by atoms with Crippen LogP contribution in [0.25, 0.3) is 0 Å². The maximum absolute atomic E-state index is 13.3. The molecule has 0 heterocycles. The monoisotopic (exact) mass is 247 g/mol. The predicted molar refractivity (Wildman–Crippen MR) is 65.1 cm³/mol. The molecule has 1 N–H and O–H groups in total. The van der Waals surface area contributed by atoms with Crippen LogP contribution in [0.5, 0.6) is 0 Å². The molecule has 0 aliphatic carbocycles. The zero-order valence-corrected chi connectivity index (χ0v) is 9.49. The smallest absolute Gasteiger partial charge is 0.228 e. The van der Waals surface area contributed by atoms with Crippen molar-refractivity contribution in [3.8, 4) is 0 Å². The van der Waals surface area contributed by atoms with Gasteiger partial charge in [-0.15, -0.1) is 0 Å². The maximum Gasteiger partial charge on any atom is 0.228 e. The van der Waals surface area contributed by atoms with Crippen LogP contribution in [-0.2, 0) is 11.2 Å². The Labute approximate surface area is 103 Å². The van der Waals surface area contributed by atoms with E-state index >= 15 is 0 Å². The minimum Gasteiger partial charge on any atom is -0.323 e. The summed E-state index contributed by atoms with van der Waals surface area (Å²) in [5, 5.41) is 2.47. The molecule has 0 saturated carbocycles. The molecule has 1 amide bonds. The number of halogens is 2. The zero-order valence-electron chi connectivity index (χ0n) is 9.49.